The molecule has 0 N–H and O–H groups in total. The van der Waals surface area contributed by atoms with Crippen molar-refractivity contribution in [2.45, 2.75) is 44.9 Å². The van der Waals surface area contributed by atoms with Gasteiger partial charge in [0.1, 0.15) is 0 Å². The number of benzene rings is 2. The first-order valence-electron chi connectivity index (χ1n) is 8.60. The fourth-order valence-electron chi connectivity index (χ4n) is 3.93. The van der Waals surface area contributed by atoms with Crippen LogP contribution in [0.4, 0.5) is 0 Å². The Balaban J connectivity index is 1.95. The van der Waals surface area contributed by atoms with Crippen LogP contribution >= 0.6 is 0 Å². The van der Waals surface area contributed by atoms with Gasteiger partial charge in [0, 0.05) is 22.3 Å². The van der Waals surface area contributed by atoms with Gasteiger partial charge >= 0.3 is 0 Å². The minimum absolute atomic E-state index is 0.0336. The lowest BCUT2D eigenvalue weighted by molar-refractivity contribution is 0.0977. The summed E-state index contributed by atoms with van der Waals surface area (Å²) in [5.74, 6) is 0.0672. The molecule has 0 heterocycles. The minimum Gasteiger partial charge on any atom is -0.289 e. The summed E-state index contributed by atoms with van der Waals surface area (Å²) in [6.45, 7) is 0. The molecule has 2 heteroatoms. The van der Waals surface area contributed by atoms with Gasteiger partial charge in [-0.15, -0.1) is 0 Å². The van der Waals surface area contributed by atoms with Gasteiger partial charge in [-0.3, -0.25) is 9.59 Å². The summed E-state index contributed by atoms with van der Waals surface area (Å²) >= 11 is 0. The molecule has 116 valence electrons. The molecule has 2 nitrogen and oxygen atoms in total. The van der Waals surface area contributed by atoms with E-state index >= 15 is 0 Å². The standard InChI is InChI=1S/C21H20O2/c22-20-16-10-6-7-11-17(16)21(23)19-15-9-5-3-1-2-4-8-14(12-13-15)18(19)20/h6-7,10-13H,1-5,8-9H2. The second kappa shape index (κ2) is 5.77. The topological polar surface area (TPSA) is 34.1 Å². The summed E-state index contributed by atoms with van der Waals surface area (Å²) in [4.78, 5) is 26.1. The second-order valence-corrected chi connectivity index (χ2v) is 6.61. The third kappa shape index (κ3) is 2.33. The molecular formula is C21H20O2. The number of rotatable bonds is 0. The molecule has 0 aliphatic heterocycles. The van der Waals surface area contributed by atoms with E-state index in [2.05, 4.69) is 12.1 Å². The lowest BCUT2D eigenvalue weighted by Crippen LogP contribution is -2.24. The Morgan fingerprint density at radius 3 is 1.48 bits per heavy atom. The van der Waals surface area contributed by atoms with Crippen molar-refractivity contribution in [1.82, 2.24) is 0 Å². The van der Waals surface area contributed by atoms with Gasteiger partial charge in [0.2, 0.25) is 0 Å². The van der Waals surface area contributed by atoms with Crippen LogP contribution in [-0.4, -0.2) is 11.6 Å². The zero-order valence-corrected chi connectivity index (χ0v) is 13.2. The molecule has 23 heavy (non-hydrogen) atoms. The molecule has 0 fully saturated rings. The third-order valence-corrected chi connectivity index (χ3v) is 5.14. The maximum atomic E-state index is 13.1. The van der Waals surface area contributed by atoms with E-state index in [9.17, 15) is 9.59 Å². The van der Waals surface area contributed by atoms with Crippen LogP contribution in [0.1, 0.15) is 75.1 Å². The zero-order valence-electron chi connectivity index (χ0n) is 13.2. The maximum Gasteiger partial charge on any atom is 0.194 e. The number of hydrogen-bond acceptors (Lipinski definition) is 2. The predicted molar refractivity (Wildman–Crippen MR) is 90.2 cm³/mol. The molecule has 0 amide bonds. The highest BCUT2D eigenvalue weighted by Crippen LogP contribution is 2.33. The Morgan fingerprint density at radius 1 is 0.565 bits per heavy atom. The SMILES string of the molecule is O=C1c2ccccc2C(=O)c2c3ccc(c21)CCCCCCC3. The average molecular weight is 304 g/mol. The highest BCUT2D eigenvalue weighted by atomic mass is 16.1. The Bertz CT molecular complexity index is 735. The van der Waals surface area contributed by atoms with E-state index in [1.54, 1.807) is 12.1 Å². The lowest BCUT2D eigenvalue weighted by Gasteiger charge is -2.22. The van der Waals surface area contributed by atoms with Gasteiger partial charge in [-0.2, -0.15) is 0 Å². The van der Waals surface area contributed by atoms with Gasteiger partial charge in [-0.25, -0.2) is 0 Å². The molecule has 4 rings (SSSR count). The molecule has 0 saturated heterocycles. The molecule has 2 bridgehead atoms. The summed E-state index contributed by atoms with van der Waals surface area (Å²) in [6.07, 6.45) is 7.62. The molecular weight excluding hydrogens is 284 g/mol. The third-order valence-electron chi connectivity index (χ3n) is 5.14. The number of hydrogen-bond donors (Lipinski definition) is 0. The fourth-order valence-corrected chi connectivity index (χ4v) is 3.93. The van der Waals surface area contributed by atoms with Crippen LogP contribution in [0.2, 0.25) is 0 Å². The molecule has 2 aliphatic carbocycles. The van der Waals surface area contributed by atoms with Crippen molar-refractivity contribution in [3.8, 4) is 0 Å². The van der Waals surface area contributed by atoms with Crippen LogP contribution in [0, 0.1) is 0 Å². The van der Waals surface area contributed by atoms with E-state index in [0.717, 1.165) is 36.8 Å². The summed E-state index contributed by atoms with van der Waals surface area (Å²) in [5.41, 5.74) is 4.62. The van der Waals surface area contributed by atoms with Crippen molar-refractivity contribution in [3.63, 3.8) is 0 Å². The smallest absolute Gasteiger partial charge is 0.194 e. The van der Waals surface area contributed by atoms with Gasteiger partial charge in [-0.05, 0) is 36.8 Å². The lowest BCUT2D eigenvalue weighted by atomic mass is 9.78. The summed E-state index contributed by atoms with van der Waals surface area (Å²) in [5, 5.41) is 0. The molecule has 0 aromatic heterocycles. The summed E-state index contributed by atoms with van der Waals surface area (Å²) in [6, 6.07) is 11.4. The van der Waals surface area contributed by atoms with Crippen molar-refractivity contribution in [1.29, 1.82) is 0 Å². The van der Waals surface area contributed by atoms with Crippen molar-refractivity contribution in [2.75, 3.05) is 0 Å². The van der Waals surface area contributed by atoms with E-state index < -0.39 is 0 Å². The summed E-state index contributed by atoms with van der Waals surface area (Å²) in [7, 11) is 0. The zero-order chi connectivity index (χ0) is 15.8. The molecule has 2 aromatic rings. The Labute approximate surface area is 136 Å². The highest BCUT2D eigenvalue weighted by molar-refractivity contribution is 6.29. The maximum absolute atomic E-state index is 13.1. The van der Waals surface area contributed by atoms with Crippen LogP contribution < -0.4 is 0 Å². The van der Waals surface area contributed by atoms with Gasteiger partial charge in [0.05, 0.1) is 0 Å². The van der Waals surface area contributed by atoms with Crippen molar-refractivity contribution in [3.05, 3.63) is 69.8 Å². The van der Waals surface area contributed by atoms with E-state index in [4.69, 9.17) is 0 Å². The fraction of sp³-hybridized carbons (Fsp3) is 0.333. The highest BCUT2D eigenvalue weighted by Gasteiger charge is 2.33. The Morgan fingerprint density at radius 2 is 1.00 bits per heavy atom. The van der Waals surface area contributed by atoms with Crippen molar-refractivity contribution < 1.29 is 9.59 Å². The molecule has 2 aliphatic rings. The largest absolute Gasteiger partial charge is 0.289 e. The molecule has 0 unspecified atom stereocenters. The summed E-state index contributed by atoms with van der Waals surface area (Å²) < 4.78 is 0. The van der Waals surface area contributed by atoms with E-state index in [1.807, 2.05) is 12.1 Å². The number of carbonyl (C=O) groups excluding carboxylic acids is 2. The molecule has 0 atom stereocenters. The van der Waals surface area contributed by atoms with E-state index in [1.165, 1.54) is 19.3 Å². The van der Waals surface area contributed by atoms with Gasteiger partial charge < -0.3 is 0 Å². The number of aryl methyl sites for hydroxylation is 2. The second-order valence-electron chi connectivity index (χ2n) is 6.61. The Hall–Kier alpha value is -2.22. The van der Waals surface area contributed by atoms with Crippen molar-refractivity contribution >= 4 is 11.6 Å². The monoisotopic (exact) mass is 304 g/mol. The first-order chi connectivity index (χ1) is 11.3. The van der Waals surface area contributed by atoms with Crippen molar-refractivity contribution in [2.24, 2.45) is 0 Å². The van der Waals surface area contributed by atoms with Crippen LogP contribution in [0.3, 0.4) is 0 Å². The predicted octanol–water partition coefficient (Wildman–Crippen LogP) is 4.51. The first-order valence-corrected chi connectivity index (χ1v) is 8.60. The Kier molecular flexibility index (Phi) is 3.60. The number of fused-ring (bicyclic) bond motifs is 7. The molecule has 0 saturated carbocycles. The molecule has 2 aromatic carbocycles. The molecule has 0 radical (unpaired) electrons. The molecule has 0 spiro atoms. The van der Waals surface area contributed by atoms with Crippen LogP contribution in [-0.2, 0) is 12.8 Å². The quantitative estimate of drug-likeness (QED) is 0.612. The van der Waals surface area contributed by atoms with Crippen LogP contribution in [0.25, 0.3) is 0 Å². The van der Waals surface area contributed by atoms with Gasteiger partial charge in [-0.1, -0.05) is 55.7 Å². The minimum atomic E-state index is 0.0336. The first kappa shape index (κ1) is 14.4. The van der Waals surface area contributed by atoms with Crippen LogP contribution in [0.15, 0.2) is 36.4 Å². The van der Waals surface area contributed by atoms with E-state index in [-0.39, 0.29) is 11.6 Å². The van der Waals surface area contributed by atoms with Crippen LogP contribution in [0.5, 0.6) is 0 Å². The average Bonchev–Trinajstić information content (AvgIpc) is 2.66. The normalized spacial score (nSPS) is 17.4. The van der Waals surface area contributed by atoms with E-state index in [0.29, 0.717) is 22.3 Å². The van der Waals surface area contributed by atoms with Gasteiger partial charge in [0.15, 0.2) is 11.6 Å². The number of carbonyl (C=O) groups is 2. The number of ketones is 2. The van der Waals surface area contributed by atoms with Gasteiger partial charge in [0.25, 0.3) is 0 Å².